The lowest BCUT2D eigenvalue weighted by atomic mass is 9.97. The maximum absolute atomic E-state index is 2.31. The summed E-state index contributed by atoms with van der Waals surface area (Å²) in [5.74, 6) is 0. The number of fused-ring (bicyclic) bond motifs is 3. The first-order valence-electron chi connectivity index (χ1n) is 8.30. The van der Waals surface area contributed by atoms with Crippen molar-refractivity contribution >= 4 is 21.5 Å². The molecule has 0 atom stereocenters. The molecule has 0 heterocycles. The highest BCUT2D eigenvalue weighted by Crippen LogP contribution is 2.30. The molecule has 0 saturated carbocycles. The third kappa shape index (κ3) is 2.98. The minimum Gasteiger partial charge on any atom is -0.0683 e. The highest BCUT2D eigenvalue weighted by molar-refractivity contribution is 6.08. The van der Waals surface area contributed by atoms with Gasteiger partial charge in [0.1, 0.15) is 0 Å². The Morgan fingerprint density at radius 1 is 0.522 bits per heavy atom. The van der Waals surface area contributed by atoms with Crippen LogP contribution in [0.3, 0.4) is 0 Å². The minimum atomic E-state index is 1.27. The van der Waals surface area contributed by atoms with Crippen molar-refractivity contribution in [3.63, 3.8) is 0 Å². The van der Waals surface area contributed by atoms with Crippen molar-refractivity contribution in [1.82, 2.24) is 0 Å². The molecule has 0 aromatic heterocycles. The van der Waals surface area contributed by atoms with Gasteiger partial charge in [-0.1, -0.05) is 92.2 Å². The molecule has 0 aliphatic carbocycles. The molecule has 0 radical (unpaired) electrons. The zero-order valence-electron chi connectivity index (χ0n) is 14.0. The molecule has 0 nitrogen and oxygen atoms in total. The van der Waals surface area contributed by atoms with Gasteiger partial charge in [0.15, 0.2) is 0 Å². The second-order valence-electron chi connectivity index (χ2n) is 5.59. The van der Waals surface area contributed by atoms with Gasteiger partial charge < -0.3 is 0 Å². The van der Waals surface area contributed by atoms with Gasteiger partial charge in [-0.15, -0.1) is 0 Å². The van der Waals surface area contributed by atoms with E-state index in [1.54, 1.807) is 0 Å². The molecule has 23 heavy (non-hydrogen) atoms. The van der Waals surface area contributed by atoms with Crippen LogP contribution < -0.4 is 0 Å². The lowest BCUT2D eigenvalue weighted by Gasteiger charge is -2.07. The van der Waals surface area contributed by atoms with E-state index in [0.29, 0.717) is 0 Å². The summed E-state index contributed by atoms with van der Waals surface area (Å²) < 4.78 is 0. The number of aryl methyl sites for hydroxylation is 1. The highest BCUT2D eigenvalue weighted by Gasteiger charge is 2.03. The van der Waals surface area contributed by atoms with E-state index in [1.165, 1.54) is 38.2 Å². The molecule has 4 rings (SSSR count). The van der Waals surface area contributed by atoms with Crippen molar-refractivity contribution in [2.45, 2.75) is 20.8 Å². The molecule has 0 amide bonds. The lowest BCUT2D eigenvalue weighted by Crippen LogP contribution is -1.81. The Hall–Kier alpha value is -2.60. The van der Waals surface area contributed by atoms with Crippen molar-refractivity contribution in [2.24, 2.45) is 0 Å². The van der Waals surface area contributed by atoms with E-state index in [1.807, 2.05) is 13.8 Å². The number of benzene rings is 4. The zero-order chi connectivity index (χ0) is 16.2. The quantitative estimate of drug-likeness (QED) is 0.332. The Morgan fingerprint density at radius 2 is 1.09 bits per heavy atom. The third-order valence-electron chi connectivity index (χ3n) is 4.13. The minimum absolute atomic E-state index is 1.27. The summed E-state index contributed by atoms with van der Waals surface area (Å²) in [6.45, 7) is 6.12. The number of rotatable bonds is 1. The van der Waals surface area contributed by atoms with Gasteiger partial charge in [-0.25, -0.2) is 0 Å². The fourth-order valence-corrected chi connectivity index (χ4v) is 2.93. The summed E-state index contributed by atoms with van der Waals surface area (Å²) in [6, 6.07) is 28.5. The van der Waals surface area contributed by atoms with Crippen LogP contribution in [-0.2, 0) is 0 Å². The summed E-state index contributed by atoms with van der Waals surface area (Å²) in [6.07, 6.45) is 0. The maximum atomic E-state index is 2.31. The van der Waals surface area contributed by atoms with E-state index in [2.05, 4.69) is 85.8 Å². The van der Waals surface area contributed by atoms with Gasteiger partial charge in [-0.3, -0.25) is 0 Å². The van der Waals surface area contributed by atoms with Crippen LogP contribution >= 0.6 is 0 Å². The van der Waals surface area contributed by atoms with E-state index in [9.17, 15) is 0 Å². The van der Waals surface area contributed by atoms with Gasteiger partial charge in [0, 0.05) is 0 Å². The summed E-state index contributed by atoms with van der Waals surface area (Å²) in [7, 11) is 0. The molecule has 0 N–H and O–H groups in total. The first kappa shape index (κ1) is 15.3. The largest absolute Gasteiger partial charge is 0.0683 e. The van der Waals surface area contributed by atoms with Crippen LogP contribution in [0.25, 0.3) is 32.7 Å². The fourth-order valence-electron chi connectivity index (χ4n) is 2.93. The molecular weight excluding hydrogens is 276 g/mol. The topological polar surface area (TPSA) is 0 Å². The molecule has 0 aliphatic rings. The molecule has 114 valence electrons. The van der Waals surface area contributed by atoms with Crippen molar-refractivity contribution in [2.75, 3.05) is 0 Å². The second-order valence-corrected chi connectivity index (χ2v) is 5.59. The molecule has 0 aliphatic heterocycles. The summed E-state index contributed by atoms with van der Waals surface area (Å²) in [5.41, 5.74) is 3.85. The standard InChI is InChI=1S/C21H16.C2H6/c1-15-6-8-16(9-7-15)19-13-12-18-11-10-17-4-2-3-5-20(17)21(18)14-19;1-2/h2-14H,1H3;1-2H3. The van der Waals surface area contributed by atoms with Gasteiger partial charge in [0.25, 0.3) is 0 Å². The summed E-state index contributed by atoms with van der Waals surface area (Å²) in [5, 5.41) is 5.24. The highest BCUT2D eigenvalue weighted by atomic mass is 14.1. The Kier molecular flexibility index (Phi) is 4.43. The third-order valence-corrected chi connectivity index (χ3v) is 4.13. The normalized spacial score (nSPS) is 10.4. The van der Waals surface area contributed by atoms with Crippen LogP contribution in [-0.4, -0.2) is 0 Å². The molecular formula is C23H22. The summed E-state index contributed by atoms with van der Waals surface area (Å²) in [4.78, 5) is 0. The van der Waals surface area contributed by atoms with Crippen LogP contribution in [0.5, 0.6) is 0 Å². The molecule has 0 bridgehead atoms. The second kappa shape index (κ2) is 6.66. The first-order chi connectivity index (χ1) is 11.3. The maximum Gasteiger partial charge on any atom is -0.00992 e. The van der Waals surface area contributed by atoms with E-state index in [0.717, 1.165) is 0 Å². The number of hydrogen-bond donors (Lipinski definition) is 0. The average molecular weight is 298 g/mol. The van der Waals surface area contributed by atoms with Gasteiger partial charge in [0.05, 0.1) is 0 Å². The van der Waals surface area contributed by atoms with Gasteiger partial charge in [-0.2, -0.15) is 0 Å². The van der Waals surface area contributed by atoms with Crippen molar-refractivity contribution in [1.29, 1.82) is 0 Å². The van der Waals surface area contributed by atoms with E-state index >= 15 is 0 Å². The predicted molar refractivity (Wildman–Crippen MR) is 103 cm³/mol. The molecule has 4 aromatic carbocycles. The Morgan fingerprint density at radius 3 is 1.83 bits per heavy atom. The average Bonchev–Trinajstić information content (AvgIpc) is 2.63. The molecule has 0 saturated heterocycles. The van der Waals surface area contributed by atoms with Gasteiger partial charge in [-0.05, 0) is 45.7 Å². The Labute approximate surface area is 138 Å². The monoisotopic (exact) mass is 298 g/mol. The Balaban J connectivity index is 0.000000753. The van der Waals surface area contributed by atoms with Crippen molar-refractivity contribution in [3.05, 3.63) is 84.4 Å². The van der Waals surface area contributed by atoms with Crippen LogP contribution in [0.4, 0.5) is 0 Å². The predicted octanol–water partition coefficient (Wildman–Crippen LogP) is 6.99. The van der Waals surface area contributed by atoms with E-state index in [-0.39, 0.29) is 0 Å². The van der Waals surface area contributed by atoms with Crippen LogP contribution in [0.15, 0.2) is 78.9 Å². The molecule has 0 fully saturated rings. The van der Waals surface area contributed by atoms with E-state index in [4.69, 9.17) is 0 Å². The lowest BCUT2D eigenvalue weighted by molar-refractivity contribution is 1.47. The SMILES string of the molecule is CC.Cc1ccc(-c2ccc3ccc4ccccc4c3c2)cc1. The van der Waals surface area contributed by atoms with E-state index < -0.39 is 0 Å². The summed E-state index contributed by atoms with van der Waals surface area (Å²) >= 11 is 0. The first-order valence-corrected chi connectivity index (χ1v) is 8.30. The Bertz CT molecular complexity index is 931. The van der Waals surface area contributed by atoms with Gasteiger partial charge >= 0.3 is 0 Å². The number of hydrogen-bond acceptors (Lipinski definition) is 0. The van der Waals surface area contributed by atoms with Crippen LogP contribution in [0, 0.1) is 6.92 Å². The zero-order valence-corrected chi connectivity index (χ0v) is 14.0. The smallest absolute Gasteiger partial charge is 0.00992 e. The van der Waals surface area contributed by atoms with Crippen molar-refractivity contribution in [3.8, 4) is 11.1 Å². The molecule has 0 heteroatoms. The molecule has 0 unspecified atom stereocenters. The molecule has 0 spiro atoms. The van der Waals surface area contributed by atoms with Gasteiger partial charge in [0.2, 0.25) is 0 Å². The fraction of sp³-hybridized carbons (Fsp3) is 0.130. The molecule has 4 aromatic rings. The van der Waals surface area contributed by atoms with Crippen molar-refractivity contribution < 1.29 is 0 Å². The van der Waals surface area contributed by atoms with Crippen LogP contribution in [0.2, 0.25) is 0 Å². The van der Waals surface area contributed by atoms with Crippen LogP contribution in [0.1, 0.15) is 19.4 Å².